The van der Waals surface area contributed by atoms with Crippen molar-refractivity contribution in [3.63, 3.8) is 0 Å². The highest BCUT2D eigenvalue weighted by atomic mass is 16.6. The fourth-order valence-corrected chi connectivity index (χ4v) is 5.08. The van der Waals surface area contributed by atoms with Crippen LogP contribution in [0.2, 0.25) is 0 Å². The van der Waals surface area contributed by atoms with E-state index in [0.717, 1.165) is 16.7 Å². The maximum absolute atomic E-state index is 13.0. The summed E-state index contributed by atoms with van der Waals surface area (Å²) >= 11 is 0. The summed E-state index contributed by atoms with van der Waals surface area (Å²) in [5.41, 5.74) is 5.72. The second-order valence-corrected chi connectivity index (χ2v) is 8.59. The van der Waals surface area contributed by atoms with Gasteiger partial charge < -0.3 is 14.7 Å². The summed E-state index contributed by atoms with van der Waals surface area (Å²) < 4.78 is 5.79. The fraction of sp³-hybridized carbons (Fsp3) is 0.259. The van der Waals surface area contributed by atoms with Crippen molar-refractivity contribution in [3.05, 3.63) is 95.6 Å². The molecule has 1 amide bonds. The molecule has 0 bridgehead atoms. The summed E-state index contributed by atoms with van der Waals surface area (Å²) in [5.74, 6) is -1.51. The van der Waals surface area contributed by atoms with Crippen LogP contribution in [0.3, 0.4) is 0 Å². The Morgan fingerprint density at radius 1 is 0.844 bits per heavy atom. The van der Waals surface area contributed by atoms with Gasteiger partial charge in [0, 0.05) is 24.9 Å². The van der Waals surface area contributed by atoms with Crippen LogP contribution < -0.4 is 0 Å². The lowest BCUT2D eigenvalue weighted by molar-refractivity contribution is -0.143. The molecule has 0 aromatic heterocycles. The largest absolute Gasteiger partial charge is 0.481 e. The van der Waals surface area contributed by atoms with Crippen molar-refractivity contribution in [2.24, 2.45) is 5.92 Å². The summed E-state index contributed by atoms with van der Waals surface area (Å²) in [6, 6.07) is 26.2. The standard InChI is InChI=1S/C27H25NO4/c29-26(30)20-14-19(18-8-2-1-3-9-18)15-28(16-20)27(31)32-17-25-23-12-6-4-10-21(23)22-11-5-7-13-24(22)25/h1-13,19-20,25H,14-17H2,(H,29,30). The Morgan fingerprint density at radius 3 is 2.06 bits per heavy atom. The molecule has 2 atom stereocenters. The first-order valence-electron chi connectivity index (χ1n) is 11.0. The molecule has 32 heavy (non-hydrogen) atoms. The highest BCUT2D eigenvalue weighted by Gasteiger charge is 2.36. The van der Waals surface area contributed by atoms with Gasteiger partial charge in [-0.3, -0.25) is 4.79 Å². The third-order valence-corrected chi connectivity index (χ3v) is 6.67. The first-order chi connectivity index (χ1) is 15.6. The van der Waals surface area contributed by atoms with Crippen molar-refractivity contribution in [2.75, 3.05) is 19.7 Å². The number of carbonyl (C=O) groups is 2. The summed E-state index contributed by atoms with van der Waals surface area (Å²) in [5, 5.41) is 9.64. The maximum Gasteiger partial charge on any atom is 0.409 e. The molecule has 5 rings (SSSR count). The van der Waals surface area contributed by atoms with E-state index >= 15 is 0 Å². The molecule has 1 fully saturated rings. The van der Waals surface area contributed by atoms with Crippen LogP contribution in [0.1, 0.15) is 34.9 Å². The number of likely N-dealkylation sites (tertiary alicyclic amines) is 1. The highest BCUT2D eigenvalue weighted by molar-refractivity contribution is 5.79. The molecule has 1 saturated heterocycles. The molecule has 162 valence electrons. The lowest BCUT2D eigenvalue weighted by Crippen LogP contribution is -2.45. The van der Waals surface area contributed by atoms with Crippen molar-refractivity contribution in [2.45, 2.75) is 18.3 Å². The third-order valence-electron chi connectivity index (χ3n) is 6.67. The molecule has 1 aliphatic carbocycles. The second kappa shape index (κ2) is 8.50. The lowest BCUT2D eigenvalue weighted by atomic mass is 9.85. The number of carboxylic acid groups (broad SMARTS) is 1. The number of amides is 1. The van der Waals surface area contributed by atoms with Crippen molar-refractivity contribution < 1.29 is 19.4 Å². The first kappa shape index (κ1) is 20.3. The summed E-state index contributed by atoms with van der Waals surface area (Å²) in [7, 11) is 0. The number of piperidine rings is 1. The van der Waals surface area contributed by atoms with E-state index in [0.29, 0.717) is 13.0 Å². The molecule has 0 radical (unpaired) electrons. The van der Waals surface area contributed by atoms with Gasteiger partial charge in [-0.2, -0.15) is 0 Å². The van der Waals surface area contributed by atoms with Gasteiger partial charge in [-0.25, -0.2) is 4.79 Å². The minimum atomic E-state index is -0.873. The molecule has 3 aromatic rings. The Labute approximate surface area is 187 Å². The van der Waals surface area contributed by atoms with E-state index in [-0.39, 0.29) is 25.0 Å². The number of ether oxygens (including phenoxy) is 1. The average Bonchev–Trinajstić information content (AvgIpc) is 3.16. The van der Waals surface area contributed by atoms with E-state index in [4.69, 9.17) is 4.74 Å². The number of benzene rings is 3. The predicted molar refractivity (Wildman–Crippen MR) is 122 cm³/mol. The fourth-order valence-electron chi connectivity index (χ4n) is 5.08. The number of hydrogen-bond donors (Lipinski definition) is 1. The maximum atomic E-state index is 13.0. The number of hydrogen-bond acceptors (Lipinski definition) is 3. The summed E-state index contributed by atoms with van der Waals surface area (Å²) in [6.45, 7) is 0.872. The van der Waals surface area contributed by atoms with E-state index in [1.54, 1.807) is 4.90 Å². The number of carbonyl (C=O) groups excluding carboxylic acids is 1. The predicted octanol–water partition coefficient (Wildman–Crippen LogP) is 5.13. The van der Waals surface area contributed by atoms with E-state index in [9.17, 15) is 14.7 Å². The van der Waals surface area contributed by atoms with Crippen LogP contribution in [-0.4, -0.2) is 41.8 Å². The van der Waals surface area contributed by atoms with Crippen molar-refractivity contribution in [3.8, 4) is 11.1 Å². The van der Waals surface area contributed by atoms with Crippen LogP contribution in [0.5, 0.6) is 0 Å². The number of aliphatic carboxylic acids is 1. The van der Waals surface area contributed by atoms with Gasteiger partial charge in [-0.05, 0) is 34.2 Å². The zero-order valence-corrected chi connectivity index (χ0v) is 17.7. The third kappa shape index (κ3) is 3.75. The molecule has 1 heterocycles. The van der Waals surface area contributed by atoms with Gasteiger partial charge in [0.05, 0.1) is 5.92 Å². The van der Waals surface area contributed by atoms with Crippen LogP contribution in [-0.2, 0) is 9.53 Å². The van der Waals surface area contributed by atoms with Crippen LogP contribution in [0.4, 0.5) is 4.79 Å². The van der Waals surface area contributed by atoms with Crippen molar-refractivity contribution in [1.29, 1.82) is 0 Å². The van der Waals surface area contributed by atoms with Gasteiger partial charge in [0.15, 0.2) is 0 Å². The quantitative estimate of drug-likeness (QED) is 0.627. The molecule has 2 aliphatic rings. The van der Waals surface area contributed by atoms with E-state index in [1.807, 2.05) is 54.6 Å². The minimum Gasteiger partial charge on any atom is -0.481 e. The van der Waals surface area contributed by atoms with E-state index < -0.39 is 18.0 Å². The zero-order chi connectivity index (χ0) is 22.1. The summed E-state index contributed by atoms with van der Waals surface area (Å²) in [6.07, 6.45) is 0.0747. The first-order valence-corrected chi connectivity index (χ1v) is 11.0. The summed E-state index contributed by atoms with van der Waals surface area (Å²) in [4.78, 5) is 26.4. The normalized spacial score (nSPS) is 19.8. The Hall–Kier alpha value is -3.60. The molecular weight excluding hydrogens is 402 g/mol. The zero-order valence-electron chi connectivity index (χ0n) is 17.7. The van der Waals surface area contributed by atoms with Crippen LogP contribution in [0.15, 0.2) is 78.9 Å². The average molecular weight is 428 g/mol. The molecule has 1 N–H and O–H groups in total. The van der Waals surface area contributed by atoms with Gasteiger partial charge in [0.2, 0.25) is 0 Å². The molecule has 3 aromatic carbocycles. The molecular formula is C27H25NO4. The van der Waals surface area contributed by atoms with Gasteiger partial charge in [0.1, 0.15) is 6.61 Å². The molecule has 2 unspecified atom stereocenters. The van der Waals surface area contributed by atoms with Gasteiger partial charge >= 0.3 is 12.1 Å². The van der Waals surface area contributed by atoms with E-state index in [1.165, 1.54) is 11.1 Å². The molecule has 5 nitrogen and oxygen atoms in total. The molecule has 5 heteroatoms. The van der Waals surface area contributed by atoms with E-state index in [2.05, 4.69) is 24.3 Å². The van der Waals surface area contributed by atoms with Crippen LogP contribution in [0, 0.1) is 5.92 Å². The Balaban J connectivity index is 1.33. The van der Waals surface area contributed by atoms with Gasteiger partial charge in [-0.1, -0.05) is 78.9 Å². The molecule has 1 aliphatic heterocycles. The Morgan fingerprint density at radius 2 is 1.44 bits per heavy atom. The number of fused-ring (bicyclic) bond motifs is 3. The Bertz CT molecular complexity index is 1100. The molecule has 0 spiro atoms. The van der Waals surface area contributed by atoms with Gasteiger partial charge in [0.25, 0.3) is 0 Å². The smallest absolute Gasteiger partial charge is 0.409 e. The van der Waals surface area contributed by atoms with Crippen LogP contribution >= 0.6 is 0 Å². The van der Waals surface area contributed by atoms with Crippen molar-refractivity contribution >= 4 is 12.1 Å². The minimum absolute atomic E-state index is 0.0173. The number of carboxylic acids is 1. The number of rotatable bonds is 4. The lowest BCUT2D eigenvalue weighted by Gasteiger charge is -2.36. The topological polar surface area (TPSA) is 66.8 Å². The van der Waals surface area contributed by atoms with Crippen LogP contribution in [0.25, 0.3) is 11.1 Å². The second-order valence-electron chi connectivity index (χ2n) is 8.59. The SMILES string of the molecule is O=C(O)C1CC(c2ccccc2)CN(C(=O)OCC2c3ccccc3-c3ccccc32)C1. The van der Waals surface area contributed by atoms with Gasteiger partial charge in [-0.15, -0.1) is 0 Å². The Kier molecular flexibility index (Phi) is 5.39. The highest BCUT2D eigenvalue weighted by Crippen LogP contribution is 2.44. The monoisotopic (exact) mass is 427 g/mol. The molecule has 0 saturated carbocycles. The number of nitrogens with zero attached hydrogens (tertiary/aromatic N) is 1. The van der Waals surface area contributed by atoms with Crippen molar-refractivity contribution in [1.82, 2.24) is 4.90 Å².